The van der Waals surface area contributed by atoms with Crippen LogP contribution in [0.25, 0.3) is 0 Å². The maximum absolute atomic E-state index is 5.63. The van der Waals surface area contributed by atoms with Crippen molar-refractivity contribution in [2.45, 2.75) is 6.92 Å². The molecule has 0 radical (unpaired) electrons. The molecule has 1 heterocycles. The number of pyridine rings is 1. The highest BCUT2D eigenvalue weighted by Gasteiger charge is 2.02. The van der Waals surface area contributed by atoms with Gasteiger partial charge in [-0.25, -0.2) is 4.98 Å². The zero-order valence-electron chi connectivity index (χ0n) is 8.27. The maximum atomic E-state index is 5.63. The van der Waals surface area contributed by atoms with E-state index >= 15 is 0 Å². The fourth-order valence-electron chi connectivity index (χ4n) is 1.23. The number of hydrogen-bond acceptors (Lipinski definition) is 2. The van der Waals surface area contributed by atoms with Crippen LogP contribution >= 0.6 is 15.9 Å². The van der Waals surface area contributed by atoms with E-state index in [2.05, 4.69) is 20.9 Å². The third-order valence-corrected chi connectivity index (χ3v) is 2.39. The molecule has 0 bridgehead atoms. The standard InChI is InChI=1S/C12H10BrNO/c1-9-7-10(13)8-14-12(9)15-11-5-3-2-4-6-11/h2-8H,1H3. The van der Waals surface area contributed by atoms with Gasteiger partial charge in [0.25, 0.3) is 0 Å². The Morgan fingerprint density at radius 2 is 1.93 bits per heavy atom. The Labute approximate surface area is 97.1 Å². The molecule has 76 valence electrons. The third kappa shape index (κ3) is 2.57. The lowest BCUT2D eigenvalue weighted by atomic mass is 10.3. The summed E-state index contributed by atoms with van der Waals surface area (Å²) < 4.78 is 6.59. The van der Waals surface area contributed by atoms with Gasteiger partial charge in [0.15, 0.2) is 0 Å². The summed E-state index contributed by atoms with van der Waals surface area (Å²) in [6.45, 7) is 1.97. The smallest absolute Gasteiger partial charge is 0.222 e. The first-order chi connectivity index (χ1) is 7.25. The van der Waals surface area contributed by atoms with Crippen molar-refractivity contribution >= 4 is 15.9 Å². The van der Waals surface area contributed by atoms with E-state index in [1.807, 2.05) is 43.3 Å². The van der Waals surface area contributed by atoms with Gasteiger partial charge in [-0.1, -0.05) is 18.2 Å². The van der Waals surface area contributed by atoms with E-state index in [9.17, 15) is 0 Å². The van der Waals surface area contributed by atoms with Crippen LogP contribution in [0.5, 0.6) is 11.6 Å². The fourth-order valence-corrected chi connectivity index (χ4v) is 1.68. The lowest BCUT2D eigenvalue weighted by Gasteiger charge is -2.06. The number of halogens is 1. The molecule has 2 nitrogen and oxygen atoms in total. The van der Waals surface area contributed by atoms with Gasteiger partial charge >= 0.3 is 0 Å². The quantitative estimate of drug-likeness (QED) is 0.819. The van der Waals surface area contributed by atoms with Gasteiger partial charge in [0, 0.05) is 16.2 Å². The van der Waals surface area contributed by atoms with Crippen LogP contribution < -0.4 is 4.74 Å². The minimum Gasteiger partial charge on any atom is -0.439 e. The van der Waals surface area contributed by atoms with E-state index in [1.54, 1.807) is 6.20 Å². The molecular weight excluding hydrogens is 254 g/mol. The van der Waals surface area contributed by atoms with Gasteiger partial charge in [-0.05, 0) is 41.1 Å². The second kappa shape index (κ2) is 4.45. The first-order valence-electron chi connectivity index (χ1n) is 4.61. The molecule has 0 unspecified atom stereocenters. The van der Waals surface area contributed by atoms with E-state index in [1.165, 1.54) is 0 Å². The van der Waals surface area contributed by atoms with Gasteiger partial charge in [-0.3, -0.25) is 0 Å². The van der Waals surface area contributed by atoms with E-state index in [0.29, 0.717) is 5.88 Å². The highest BCUT2D eigenvalue weighted by atomic mass is 79.9. The van der Waals surface area contributed by atoms with Crippen LogP contribution in [0, 0.1) is 6.92 Å². The number of rotatable bonds is 2. The molecule has 0 amide bonds. The monoisotopic (exact) mass is 263 g/mol. The predicted octanol–water partition coefficient (Wildman–Crippen LogP) is 3.94. The molecule has 2 aromatic rings. The Morgan fingerprint density at radius 3 is 2.60 bits per heavy atom. The van der Waals surface area contributed by atoms with Crippen LogP contribution in [0.1, 0.15) is 5.56 Å². The molecule has 0 aliphatic carbocycles. The van der Waals surface area contributed by atoms with Crippen molar-refractivity contribution in [1.29, 1.82) is 0 Å². The van der Waals surface area contributed by atoms with Gasteiger partial charge in [-0.2, -0.15) is 0 Å². The maximum Gasteiger partial charge on any atom is 0.222 e. The summed E-state index contributed by atoms with van der Waals surface area (Å²) in [6.07, 6.45) is 1.73. The first-order valence-corrected chi connectivity index (χ1v) is 5.40. The summed E-state index contributed by atoms with van der Waals surface area (Å²) in [4.78, 5) is 4.20. The van der Waals surface area contributed by atoms with Crippen LogP contribution in [-0.4, -0.2) is 4.98 Å². The van der Waals surface area contributed by atoms with Crippen molar-refractivity contribution in [3.63, 3.8) is 0 Å². The van der Waals surface area contributed by atoms with Gasteiger partial charge in [0.1, 0.15) is 5.75 Å². The third-order valence-electron chi connectivity index (χ3n) is 1.95. The van der Waals surface area contributed by atoms with E-state index in [-0.39, 0.29) is 0 Å². The molecule has 1 aromatic heterocycles. The summed E-state index contributed by atoms with van der Waals surface area (Å²) in [6, 6.07) is 11.6. The minimum absolute atomic E-state index is 0.643. The molecule has 2 rings (SSSR count). The topological polar surface area (TPSA) is 22.1 Å². The fraction of sp³-hybridized carbons (Fsp3) is 0.0833. The Balaban J connectivity index is 2.25. The molecule has 3 heteroatoms. The number of hydrogen-bond donors (Lipinski definition) is 0. The summed E-state index contributed by atoms with van der Waals surface area (Å²) in [7, 11) is 0. The number of aryl methyl sites for hydroxylation is 1. The molecule has 15 heavy (non-hydrogen) atoms. The Kier molecular flexibility index (Phi) is 3.02. The summed E-state index contributed by atoms with van der Waals surface area (Å²) in [5.41, 5.74) is 1.01. The highest BCUT2D eigenvalue weighted by Crippen LogP contribution is 2.24. The minimum atomic E-state index is 0.643. The molecule has 0 saturated heterocycles. The van der Waals surface area contributed by atoms with Crippen LogP contribution in [0.4, 0.5) is 0 Å². The van der Waals surface area contributed by atoms with Gasteiger partial charge in [0.2, 0.25) is 5.88 Å². The molecule has 1 aromatic carbocycles. The van der Waals surface area contributed by atoms with Gasteiger partial charge < -0.3 is 4.74 Å². The summed E-state index contributed by atoms with van der Waals surface area (Å²) >= 11 is 3.36. The number of aromatic nitrogens is 1. The van der Waals surface area contributed by atoms with E-state index in [4.69, 9.17) is 4.74 Å². The van der Waals surface area contributed by atoms with Crippen molar-refractivity contribution in [3.05, 3.63) is 52.6 Å². The van der Waals surface area contributed by atoms with Crippen molar-refractivity contribution in [1.82, 2.24) is 4.98 Å². The molecule has 0 saturated carbocycles. The molecule has 0 fully saturated rings. The van der Waals surface area contributed by atoms with Crippen molar-refractivity contribution in [3.8, 4) is 11.6 Å². The second-order valence-corrected chi connectivity index (χ2v) is 4.11. The SMILES string of the molecule is Cc1cc(Br)cnc1Oc1ccccc1. The molecular formula is C12H10BrNO. The molecule has 0 aliphatic rings. The largest absolute Gasteiger partial charge is 0.439 e. The average Bonchev–Trinajstić information content (AvgIpc) is 2.24. The van der Waals surface area contributed by atoms with Gasteiger partial charge in [-0.15, -0.1) is 0 Å². The first kappa shape index (κ1) is 10.2. The molecule has 0 atom stereocenters. The summed E-state index contributed by atoms with van der Waals surface area (Å²) in [5.74, 6) is 1.44. The van der Waals surface area contributed by atoms with Crippen molar-refractivity contribution in [2.75, 3.05) is 0 Å². The van der Waals surface area contributed by atoms with Crippen LogP contribution in [0.3, 0.4) is 0 Å². The molecule has 0 N–H and O–H groups in total. The predicted molar refractivity (Wildman–Crippen MR) is 63.2 cm³/mol. The summed E-state index contributed by atoms with van der Waals surface area (Å²) in [5, 5.41) is 0. The Hall–Kier alpha value is -1.35. The second-order valence-electron chi connectivity index (χ2n) is 3.19. The number of benzene rings is 1. The van der Waals surface area contributed by atoms with Gasteiger partial charge in [0.05, 0.1) is 0 Å². The van der Waals surface area contributed by atoms with Crippen molar-refractivity contribution in [2.24, 2.45) is 0 Å². The lowest BCUT2D eigenvalue weighted by Crippen LogP contribution is -1.90. The number of para-hydroxylation sites is 1. The normalized spacial score (nSPS) is 10.0. The van der Waals surface area contributed by atoms with Crippen LogP contribution in [0.2, 0.25) is 0 Å². The zero-order valence-corrected chi connectivity index (χ0v) is 9.86. The Bertz CT molecular complexity index is 456. The average molecular weight is 264 g/mol. The molecule has 0 aliphatic heterocycles. The van der Waals surface area contributed by atoms with E-state index in [0.717, 1.165) is 15.8 Å². The van der Waals surface area contributed by atoms with Crippen LogP contribution in [0.15, 0.2) is 47.1 Å². The highest BCUT2D eigenvalue weighted by molar-refractivity contribution is 9.10. The lowest BCUT2D eigenvalue weighted by molar-refractivity contribution is 0.458. The van der Waals surface area contributed by atoms with Crippen molar-refractivity contribution < 1.29 is 4.74 Å². The molecule has 0 spiro atoms. The van der Waals surface area contributed by atoms with Crippen LogP contribution in [-0.2, 0) is 0 Å². The number of ether oxygens (including phenoxy) is 1. The number of nitrogens with zero attached hydrogens (tertiary/aromatic N) is 1. The zero-order chi connectivity index (χ0) is 10.7. The Morgan fingerprint density at radius 1 is 1.20 bits per heavy atom. The van der Waals surface area contributed by atoms with E-state index < -0.39 is 0 Å².